The van der Waals surface area contributed by atoms with E-state index in [2.05, 4.69) is 20.5 Å². The SMILES string of the molecule is CNC(=O)c1[nH]c(C2CCN(CC(=O)NC3CCCCC3)CC2)nc1-c1ccc(F)cc1. The number of piperidine rings is 1. The summed E-state index contributed by atoms with van der Waals surface area (Å²) < 4.78 is 13.3. The highest BCUT2D eigenvalue weighted by Gasteiger charge is 2.27. The molecule has 172 valence electrons. The highest BCUT2D eigenvalue weighted by Crippen LogP contribution is 2.30. The molecule has 0 spiro atoms. The molecule has 32 heavy (non-hydrogen) atoms. The fraction of sp³-hybridized carbons (Fsp3) is 0.542. The Morgan fingerprint density at radius 3 is 2.44 bits per heavy atom. The van der Waals surface area contributed by atoms with Crippen LogP contribution in [-0.4, -0.2) is 59.4 Å². The van der Waals surface area contributed by atoms with Gasteiger partial charge in [-0.2, -0.15) is 0 Å². The average molecular weight is 442 g/mol. The molecule has 2 fully saturated rings. The molecule has 1 saturated heterocycles. The molecule has 1 aliphatic heterocycles. The lowest BCUT2D eigenvalue weighted by atomic mass is 9.95. The molecular formula is C24H32FN5O2. The Morgan fingerprint density at radius 1 is 1.09 bits per heavy atom. The van der Waals surface area contributed by atoms with Gasteiger partial charge in [-0.25, -0.2) is 9.37 Å². The third-order valence-electron chi connectivity index (χ3n) is 6.61. The smallest absolute Gasteiger partial charge is 0.269 e. The van der Waals surface area contributed by atoms with Gasteiger partial charge in [0.2, 0.25) is 5.91 Å². The summed E-state index contributed by atoms with van der Waals surface area (Å²) in [4.78, 5) is 35.0. The summed E-state index contributed by atoms with van der Waals surface area (Å²) in [5.74, 6) is 0.499. The van der Waals surface area contributed by atoms with Crippen LogP contribution in [0.25, 0.3) is 11.3 Å². The van der Waals surface area contributed by atoms with E-state index in [0.717, 1.165) is 44.6 Å². The summed E-state index contributed by atoms with van der Waals surface area (Å²) >= 11 is 0. The first-order valence-corrected chi connectivity index (χ1v) is 11.6. The van der Waals surface area contributed by atoms with Crippen molar-refractivity contribution in [1.82, 2.24) is 25.5 Å². The predicted octanol–water partition coefficient (Wildman–Crippen LogP) is 3.20. The first-order chi connectivity index (χ1) is 15.5. The molecule has 1 aromatic carbocycles. The lowest BCUT2D eigenvalue weighted by Gasteiger charge is -2.31. The number of amides is 2. The number of aromatic nitrogens is 2. The molecule has 2 amide bonds. The maximum atomic E-state index is 13.3. The van der Waals surface area contributed by atoms with Gasteiger partial charge in [-0.1, -0.05) is 19.3 Å². The van der Waals surface area contributed by atoms with Gasteiger partial charge in [0.15, 0.2) is 0 Å². The zero-order valence-electron chi connectivity index (χ0n) is 18.6. The molecule has 2 heterocycles. The van der Waals surface area contributed by atoms with E-state index < -0.39 is 0 Å². The van der Waals surface area contributed by atoms with E-state index in [1.165, 1.54) is 31.4 Å². The number of rotatable bonds is 6. The van der Waals surface area contributed by atoms with Crippen molar-refractivity contribution in [2.75, 3.05) is 26.7 Å². The predicted molar refractivity (Wildman–Crippen MR) is 121 cm³/mol. The molecule has 8 heteroatoms. The van der Waals surface area contributed by atoms with Gasteiger partial charge in [-0.3, -0.25) is 14.5 Å². The summed E-state index contributed by atoms with van der Waals surface area (Å²) in [5, 5.41) is 5.83. The number of benzene rings is 1. The van der Waals surface area contributed by atoms with Crippen LogP contribution in [0.15, 0.2) is 24.3 Å². The highest BCUT2D eigenvalue weighted by atomic mass is 19.1. The molecule has 0 radical (unpaired) electrons. The topological polar surface area (TPSA) is 90.1 Å². The van der Waals surface area contributed by atoms with Gasteiger partial charge < -0.3 is 15.6 Å². The van der Waals surface area contributed by atoms with Crippen molar-refractivity contribution in [3.05, 3.63) is 41.6 Å². The molecule has 0 bridgehead atoms. The van der Waals surface area contributed by atoms with Crippen LogP contribution in [0.5, 0.6) is 0 Å². The first-order valence-electron chi connectivity index (χ1n) is 11.6. The van der Waals surface area contributed by atoms with Crippen molar-refractivity contribution in [3.8, 4) is 11.3 Å². The van der Waals surface area contributed by atoms with Gasteiger partial charge in [-0.05, 0) is 63.0 Å². The second kappa shape index (κ2) is 10.3. The molecule has 4 rings (SSSR count). The molecule has 1 aliphatic carbocycles. The Balaban J connectivity index is 1.38. The number of nitrogens with one attached hydrogen (secondary N) is 3. The minimum Gasteiger partial charge on any atom is -0.354 e. The zero-order chi connectivity index (χ0) is 22.5. The van der Waals surface area contributed by atoms with Gasteiger partial charge >= 0.3 is 0 Å². The lowest BCUT2D eigenvalue weighted by Crippen LogP contribution is -2.45. The third-order valence-corrected chi connectivity index (χ3v) is 6.61. The van der Waals surface area contributed by atoms with Crippen molar-refractivity contribution < 1.29 is 14.0 Å². The molecule has 0 unspecified atom stereocenters. The monoisotopic (exact) mass is 441 g/mol. The number of carbonyl (C=O) groups is 2. The van der Waals surface area contributed by atoms with E-state index in [1.807, 2.05) is 0 Å². The van der Waals surface area contributed by atoms with Crippen LogP contribution in [0.4, 0.5) is 4.39 Å². The van der Waals surface area contributed by atoms with Gasteiger partial charge in [-0.15, -0.1) is 0 Å². The Morgan fingerprint density at radius 2 is 1.78 bits per heavy atom. The van der Waals surface area contributed by atoms with E-state index >= 15 is 0 Å². The van der Waals surface area contributed by atoms with Crippen molar-refractivity contribution in [2.24, 2.45) is 0 Å². The summed E-state index contributed by atoms with van der Waals surface area (Å²) in [6.45, 7) is 2.06. The summed E-state index contributed by atoms with van der Waals surface area (Å²) in [5.41, 5.74) is 1.63. The molecule has 2 aliphatic rings. The van der Waals surface area contributed by atoms with E-state index in [9.17, 15) is 14.0 Å². The number of halogens is 1. The fourth-order valence-electron chi connectivity index (χ4n) is 4.78. The molecule has 0 atom stereocenters. The molecule has 3 N–H and O–H groups in total. The van der Waals surface area contributed by atoms with Gasteiger partial charge in [0, 0.05) is 24.6 Å². The van der Waals surface area contributed by atoms with E-state index in [4.69, 9.17) is 4.98 Å². The number of nitrogens with zero attached hydrogens (tertiary/aromatic N) is 2. The zero-order valence-corrected chi connectivity index (χ0v) is 18.6. The molecule has 1 aromatic heterocycles. The standard InChI is InChI=1S/C24H32FN5O2/c1-26-24(32)22-21(16-7-9-18(25)10-8-16)28-23(29-22)17-11-13-30(14-12-17)15-20(31)27-19-5-3-2-4-6-19/h7-10,17,19H,2-6,11-15H2,1H3,(H,26,32)(H,27,31)(H,28,29). The maximum Gasteiger partial charge on any atom is 0.269 e. The van der Waals surface area contributed by atoms with Crippen LogP contribution < -0.4 is 10.6 Å². The van der Waals surface area contributed by atoms with Crippen LogP contribution in [0, 0.1) is 5.82 Å². The normalized spacial score (nSPS) is 18.4. The number of hydrogen-bond acceptors (Lipinski definition) is 4. The summed E-state index contributed by atoms with van der Waals surface area (Å²) in [7, 11) is 1.58. The Bertz CT molecular complexity index is 928. The number of imidazole rings is 1. The van der Waals surface area contributed by atoms with Crippen LogP contribution in [0.2, 0.25) is 0 Å². The average Bonchev–Trinajstić information content (AvgIpc) is 3.25. The lowest BCUT2D eigenvalue weighted by molar-refractivity contribution is -0.123. The maximum absolute atomic E-state index is 13.3. The van der Waals surface area contributed by atoms with Gasteiger partial charge in [0.1, 0.15) is 23.0 Å². The second-order valence-corrected chi connectivity index (χ2v) is 8.88. The van der Waals surface area contributed by atoms with Crippen molar-refractivity contribution in [1.29, 1.82) is 0 Å². The third kappa shape index (κ3) is 5.35. The number of hydrogen-bond donors (Lipinski definition) is 3. The second-order valence-electron chi connectivity index (χ2n) is 8.88. The van der Waals surface area contributed by atoms with E-state index in [-0.39, 0.29) is 23.5 Å². The van der Waals surface area contributed by atoms with Crippen LogP contribution in [0.3, 0.4) is 0 Å². The molecule has 7 nitrogen and oxygen atoms in total. The molecule has 1 saturated carbocycles. The quantitative estimate of drug-likeness (QED) is 0.642. The fourth-order valence-corrected chi connectivity index (χ4v) is 4.78. The van der Waals surface area contributed by atoms with Crippen LogP contribution in [-0.2, 0) is 4.79 Å². The van der Waals surface area contributed by atoms with Crippen LogP contribution >= 0.6 is 0 Å². The summed E-state index contributed by atoms with van der Waals surface area (Å²) in [6, 6.07) is 6.34. The van der Waals surface area contributed by atoms with Crippen LogP contribution in [0.1, 0.15) is 67.2 Å². The summed E-state index contributed by atoms with van der Waals surface area (Å²) in [6.07, 6.45) is 7.60. The largest absolute Gasteiger partial charge is 0.354 e. The Labute approximate surface area is 188 Å². The van der Waals surface area contributed by atoms with Gasteiger partial charge in [0.25, 0.3) is 5.91 Å². The van der Waals surface area contributed by atoms with Crippen molar-refractivity contribution in [2.45, 2.75) is 56.9 Å². The van der Waals surface area contributed by atoms with Crippen molar-refractivity contribution >= 4 is 11.8 Å². The minimum atomic E-state index is -0.328. The van der Waals surface area contributed by atoms with Crippen molar-refractivity contribution in [3.63, 3.8) is 0 Å². The van der Waals surface area contributed by atoms with E-state index in [1.54, 1.807) is 19.2 Å². The number of carbonyl (C=O) groups excluding carboxylic acids is 2. The number of likely N-dealkylation sites (tertiary alicyclic amines) is 1. The van der Waals surface area contributed by atoms with Gasteiger partial charge in [0.05, 0.1) is 6.54 Å². The minimum absolute atomic E-state index is 0.119. The number of aromatic amines is 1. The molecular weight excluding hydrogens is 409 g/mol. The first kappa shape index (κ1) is 22.5. The molecule has 2 aromatic rings. The Hall–Kier alpha value is -2.74. The highest BCUT2D eigenvalue weighted by molar-refractivity contribution is 5.98. The Kier molecular flexibility index (Phi) is 7.19. The number of H-pyrrole nitrogens is 1. The van der Waals surface area contributed by atoms with E-state index in [0.29, 0.717) is 29.5 Å².